The highest BCUT2D eigenvalue weighted by atomic mass is 16.1. The molecule has 194 valence electrons. The molecule has 0 spiro atoms. The fourth-order valence-corrected chi connectivity index (χ4v) is 4.79. The molecule has 0 amide bonds. The van der Waals surface area contributed by atoms with E-state index in [1.54, 1.807) is 4.57 Å². The number of guanidine groups is 1. The number of hydrogen-bond acceptors (Lipinski definition) is 6. The maximum absolute atomic E-state index is 12.8. The van der Waals surface area contributed by atoms with Crippen LogP contribution in [0.5, 0.6) is 0 Å². The maximum atomic E-state index is 12.8. The van der Waals surface area contributed by atoms with Gasteiger partial charge in [-0.3, -0.25) is 9.98 Å². The Balaban J connectivity index is 1.36. The van der Waals surface area contributed by atoms with Crippen molar-refractivity contribution in [1.29, 1.82) is 5.41 Å². The maximum Gasteiger partial charge on any atom is 0.354 e. The third-order valence-corrected chi connectivity index (χ3v) is 6.76. The number of likely N-dealkylation sites (tertiary alicyclic amines) is 1. The summed E-state index contributed by atoms with van der Waals surface area (Å²) in [5.74, 6) is 0.432. The van der Waals surface area contributed by atoms with Crippen LogP contribution in [0.25, 0.3) is 16.7 Å². The Kier molecular flexibility index (Phi) is 8.74. The zero-order valence-electron chi connectivity index (χ0n) is 21.1. The van der Waals surface area contributed by atoms with Gasteiger partial charge in [0.2, 0.25) is 0 Å². The van der Waals surface area contributed by atoms with E-state index in [9.17, 15) is 4.79 Å². The van der Waals surface area contributed by atoms with Crippen LogP contribution in [-0.2, 0) is 6.54 Å². The summed E-state index contributed by atoms with van der Waals surface area (Å²) in [4.78, 5) is 23.0. The van der Waals surface area contributed by atoms with Crippen molar-refractivity contribution in [2.45, 2.75) is 51.1 Å². The van der Waals surface area contributed by atoms with Gasteiger partial charge in [0.05, 0.1) is 5.69 Å². The number of H-pyrrole nitrogens is 1. The molecule has 1 aliphatic rings. The molecule has 1 aromatic carbocycles. The smallest absolute Gasteiger partial charge is 0.354 e. The first kappa shape index (κ1) is 25.9. The zero-order chi connectivity index (χ0) is 25.5. The summed E-state index contributed by atoms with van der Waals surface area (Å²) in [6.45, 7) is 7.50. The molecular weight excluding hydrogens is 454 g/mol. The van der Waals surface area contributed by atoms with Crippen molar-refractivity contribution < 1.29 is 0 Å². The van der Waals surface area contributed by atoms with Crippen molar-refractivity contribution in [2.75, 3.05) is 32.7 Å². The first-order chi connectivity index (χ1) is 17.4. The summed E-state index contributed by atoms with van der Waals surface area (Å²) in [5.41, 5.74) is 14.6. The van der Waals surface area contributed by atoms with E-state index >= 15 is 0 Å². The average Bonchev–Trinajstić information content (AvgIpc) is 3.47. The van der Waals surface area contributed by atoms with Gasteiger partial charge < -0.3 is 32.0 Å². The molecule has 0 unspecified atom stereocenters. The van der Waals surface area contributed by atoms with Gasteiger partial charge in [0.1, 0.15) is 5.65 Å². The number of nitrogens with one attached hydrogen (secondary N) is 4. The molecule has 0 aliphatic carbocycles. The van der Waals surface area contributed by atoms with Gasteiger partial charge in [0.15, 0.2) is 5.96 Å². The van der Waals surface area contributed by atoms with Gasteiger partial charge in [-0.1, -0.05) is 12.1 Å². The number of hydrogen-bond donors (Lipinski definition) is 6. The Morgan fingerprint density at radius 2 is 2.08 bits per heavy atom. The average molecular weight is 494 g/mol. The number of rotatable bonds is 12. The molecule has 2 atom stereocenters. The zero-order valence-corrected chi connectivity index (χ0v) is 21.1. The fraction of sp³-hybridized carbons (Fsp3) is 0.500. The van der Waals surface area contributed by atoms with Crippen LogP contribution in [0.3, 0.4) is 0 Å². The summed E-state index contributed by atoms with van der Waals surface area (Å²) < 4.78 is 1.61. The monoisotopic (exact) mass is 493 g/mol. The topological polar surface area (TPSA) is 154 Å². The van der Waals surface area contributed by atoms with Gasteiger partial charge >= 0.3 is 5.69 Å². The number of aromatic nitrogens is 3. The molecule has 1 aliphatic heterocycles. The SMILES string of the molecule is C[C@H](N)CCCN1CC[C@@H](c2cc3cn(-c4ccc(CNCCCNC(=N)N)cc4)c(=O)nc3[nH]2)C1. The van der Waals surface area contributed by atoms with E-state index < -0.39 is 0 Å². The highest BCUT2D eigenvalue weighted by molar-refractivity contribution is 5.76. The predicted molar refractivity (Wildman–Crippen MR) is 145 cm³/mol. The molecule has 0 bridgehead atoms. The highest BCUT2D eigenvalue weighted by Crippen LogP contribution is 2.28. The predicted octanol–water partition coefficient (Wildman–Crippen LogP) is 1.59. The molecule has 10 nitrogen and oxygen atoms in total. The first-order valence-corrected chi connectivity index (χ1v) is 12.9. The summed E-state index contributed by atoms with van der Waals surface area (Å²) in [5, 5.41) is 14.3. The van der Waals surface area contributed by atoms with E-state index in [1.165, 1.54) is 0 Å². The molecule has 3 aromatic rings. The minimum atomic E-state index is -0.288. The Labute approximate surface area is 212 Å². The van der Waals surface area contributed by atoms with Crippen molar-refractivity contribution in [2.24, 2.45) is 11.5 Å². The van der Waals surface area contributed by atoms with Crippen LogP contribution in [-0.4, -0.2) is 64.2 Å². The van der Waals surface area contributed by atoms with E-state index in [4.69, 9.17) is 16.9 Å². The van der Waals surface area contributed by atoms with Crippen LogP contribution in [0.1, 0.15) is 49.8 Å². The second-order valence-electron chi connectivity index (χ2n) is 9.87. The van der Waals surface area contributed by atoms with Gasteiger partial charge in [-0.05, 0) is 76.0 Å². The van der Waals surface area contributed by atoms with E-state index in [1.807, 2.05) is 30.5 Å². The molecule has 1 fully saturated rings. The Hall–Kier alpha value is -3.21. The second kappa shape index (κ2) is 12.2. The van der Waals surface area contributed by atoms with E-state index in [2.05, 4.69) is 38.5 Å². The first-order valence-electron chi connectivity index (χ1n) is 12.9. The third kappa shape index (κ3) is 6.93. The molecule has 0 radical (unpaired) electrons. The summed E-state index contributed by atoms with van der Waals surface area (Å²) >= 11 is 0. The van der Waals surface area contributed by atoms with Crippen LogP contribution < -0.4 is 27.8 Å². The van der Waals surface area contributed by atoms with E-state index in [-0.39, 0.29) is 17.7 Å². The Morgan fingerprint density at radius 3 is 2.83 bits per heavy atom. The van der Waals surface area contributed by atoms with Crippen LogP contribution >= 0.6 is 0 Å². The van der Waals surface area contributed by atoms with E-state index in [0.717, 1.165) is 80.7 Å². The largest absolute Gasteiger partial charge is 0.370 e. The number of aromatic amines is 1. The summed E-state index contributed by atoms with van der Waals surface area (Å²) in [6, 6.07) is 10.4. The van der Waals surface area contributed by atoms with Crippen molar-refractivity contribution in [3.63, 3.8) is 0 Å². The molecule has 4 rings (SSSR count). The minimum absolute atomic E-state index is 0.00155. The van der Waals surface area contributed by atoms with Crippen LogP contribution in [0.15, 0.2) is 41.3 Å². The van der Waals surface area contributed by atoms with Gasteiger partial charge in [0.25, 0.3) is 0 Å². The van der Waals surface area contributed by atoms with Gasteiger partial charge in [0, 0.05) is 48.9 Å². The van der Waals surface area contributed by atoms with Crippen LogP contribution in [0.2, 0.25) is 0 Å². The minimum Gasteiger partial charge on any atom is -0.370 e. The Bertz CT molecular complexity index is 1200. The summed E-state index contributed by atoms with van der Waals surface area (Å²) in [6.07, 6.45) is 6.06. The van der Waals surface area contributed by atoms with Crippen molar-refractivity contribution >= 4 is 17.0 Å². The molecule has 0 saturated carbocycles. The lowest BCUT2D eigenvalue weighted by atomic mass is 10.1. The lowest BCUT2D eigenvalue weighted by Crippen LogP contribution is -2.32. The quantitative estimate of drug-likeness (QED) is 0.127. The van der Waals surface area contributed by atoms with Crippen molar-refractivity contribution in [3.05, 3.63) is 58.3 Å². The van der Waals surface area contributed by atoms with Crippen molar-refractivity contribution in [3.8, 4) is 5.69 Å². The third-order valence-electron chi connectivity index (χ3n) is 6.76. The fourth-order valence-electron chi connectivity index (χ4n) is 4.79. The second-order valence-corrected chi connectivity index (χ2v) is 9.87. The lowest BCUT2D eigenvalue weighted by Gasteiger charge is -2.16. The number of fused-ring (bicyclic) bond motifs is 1. The highest BCUT2D eigenvalue weighted by Gasteiger charge is 2.25. The molecule has 3 heterocycles. The van der Waals surface area contributed by atoms with Crippen molar-refractivity contribution in [1.82, 2.24) is 30.1 Å². The number of benzene rings is 1. The molecular formula is C26H39N9O. The van der Waals surface area contributed by atoms with Crippen LogP contribution in [0.4, 0.5) is 0 Å². The van der Waals surface area contributed by atoms with E-state index in [0.29, 0.717) is 18.1 Å². The van der Waals surface area contributed by atoms with Gasteiger partial charge in [-0.2, -0.15) is 4.98 Å². The Morgan fingerprint density at radius 1 is 1.28 bits per heavy atom. The molecule has 36 heavy (non-hydrogen) atoms. The molecule has 1 saturated heterocycles. The normalized spacial score (nSPS) is 17.0. The number of nitrogens with two attached hydrogens (primary N) is 2. The van der Waals surface area contributed by atoms with Crippen LogP contribution in [0, 0.1) is 5.41 Å². The van der Waals surface area contributed by atoms with Gasteiger partial charge in [-0.15, -0.1) is 0 Å². The summed E-state index contributed by atoms with van der Waals surface area (Å²) in [7, 11) is 0. The molecule has 8 N–H and O–H groups in total. The van der Waals surface area contributed by atoms with Gasteiger partial charge in [-0.25, -0.2) is 4.79 Å². The molecule has 10 heteroatoms. The lowest BCUT2D eigenvalue weighted by molar-refractivity contribution is 0.322. The number of nitrogens with zero attached hydrogens (tertiary/aromatic N) is 3. The standard InChI is InChI=1S/C26H39N9O/c1-18(27)4-2-12-34-13-9-20(16-34)23-14-21-17-35(26(36)33-24(21)32-23)22-7-5-19(6-8-22)15-30-10-3-11-31-25(28)29/h5-8,14,17-18,20,30H,2-4,9-13,15-16,27H2,1H3,(H4,28,29,31)(H,32,33,36)/t18-,20+/m0/s1. The molecule has 2 aromatic heterocycles.